The fourth-order valence-electron chi connectivity index (χ4n) is 3.08. The van der Waals surface area contributed by atoms with Gasteiger partial charge in [-0.15, -0.1) is 0 Å². The second-order valence-electron chi connectivity index (χ2n) is 6.69. The predicted molar refractivity (Wildman–Crippen MR) is 95.0 cm³/mol. The smallest absolute Gasteiger partial charge is 0.233 e. The quantitative estimate of drug-likeness (QED) is 0.781. The highest BCUT2D eigenvalue weighted by atomic mass is 16.5. The molecule has 2 rings (SSSR count). The molecule has 2 amide bonds. The van der Waals surface area contributed by atoms with Crippen LogP contribution in [0.5, 0.6) is 0 Å². The molecule has 1 aromatic rings. The van der Waals surface area contributed by atoms with Gasteiger partial charge in [-0.2, -0.15) is 0 Å². The lowest BCUT2D eigenvalue weighted by molar-refractivity contribution is -0.133. The van der Waals surface area contributed by atoms with Gasteiger partial charge in [0.1, 0.15) is 6.42 Å². The zero-order chi connectivity index (χ0) is 17.5. The van der Waals surface area contributed by atoms with Crippen LogP contribution >= 0.6 is 0 Å². The highest BCUT2D eigenvalue weighted by Gasteiger charge is 2.17. The van der Waals surface area contributed by atoms with Crippen LogP contribution in [0.4, 0.5) is 5.69 Å². The molecule has 1 aromatic carbocycles. The minimum Gasteiger partial charge on any atom is -0.378 e. The van der Waals surface area contributed by atoms with Crippen LogP contribution in [0.2, 0.25) is 0 Å². The van der Waals surface area contributed by atoms with Gasteiger partial charge in [-0.3, -0.25) is 9.59 Å². The number of benzene rings is 1. The molecule has 1 aliphatic rings. The molecule has 0 aliphatic carbocycles. The Kier molecular flexibility index (Phi) is 6.79. The lowest BCUT2D eigenvalue weighted by Gasteiger charge is -2.18. The normalized spacial score (nSPS) is 16.9. The van der Waals surface area contributed by atoms with Gasteiger partial charge >= 0.3 is 0 Å². The summed E-state index contributed by atoms with van der Waals surface area (Å²) in [7, 11) is 1.75. The van der Waals surface area contributed by atoms with Gasteiger partial charge in [0, 0.05) is 25.9 Å². The number of hydrogen-bond donors (Lipinski definition) is 1. The summed E-state index contributed by atoms with van der Waals surface area (Å²) in [6, 6.07) is 5.85. The number of carbonyl (C=O) groups excluding carboxylic acids is 2. The first kappa shape index (κ1) is 18.5. The Morgan fingerprint density at radius 3 is 2.58 bits per heavy atom. The van der Waals surface area contributed by atoms with Gasteiger partial charge in [-0.1, -0.05) is 6.07 Å². The summed E-state index contributed by atoms with van der Waals surface area (Å²) in [6.07, 6.45) is 4.37. The third-order valence-electron chi connectivity index (χ3n) is 4.29. The predicted octanol–water partition coefficient (Wildman–Crippen LogP) is 3.05. The van der Waals surface area contributed by atoms with Crippen molar-refractivity contribution < 1.29 is 14.3 Å². The van der Waals surface area contributed by atoms with Crippen molar-refractivity contribution in [3.63, 3.8) is 0 Å². The molecule has 1 fully saturated rings. The van der Waals surface area contributed by atoms with E-state index < -0.39 is 0 Å². The topological polar surface area (TPSA) is 58.6 Å². The fourth-order valence-corrected chi connectivity index (χ4v) is 3.08. The number of amides is 2. The van der Waals surface area contributed by atoms with Crippen LogP contribution in [0.25, 0.3) is 0 Å². The van der Waals surface area contributed by atoms with E-state index >= 15 is 0 Å². The molecule has 1 saturated heterocycles. The van der Waals surface area contributed by atoms with Crippen molar-refractivity contribution in [3.8, 4) is 0 Å². The number of rotatable bonds is 7. The first-order valence-corrected chi connectivity index (χ1v) is 8.68. The van der Waals surface area contributed by atoms with E-state index in [1.54, 1.807) is 11.9 Å². The summed E-state index contributed by atoms with van der Waals surface area (Å²) in [5, 5.41) is 2.80. The van der Waals surface area contributed by atoms with E-state index in [0.717, 1.165) is 49.1 Å². The molecule has 0 saturated carbocycles. The van der Waals surface area contributed by atoms with Crippen molar-refractivity contribution >= 4 is 17.5 Å². The Morgan fingerprint density at radius 2 is 1.96 bits per heavy atom. The molecular weight excluding hydrogens is 304 g/mol. The van der Waals surface area contributed by atoms with Crippen molar-refractivity contribution in [2.75, 3.05) is 25.5 Å². The highest BCUT2D eigenvalue weighted by Crippen LogP contribution is 2.17. The SMILES string of the molecule is Cc1cc(C)cc(NC(=O)CC(=O)N(C)CCC[C@H]2CCCO2)c1. The molecule has 0 unspecified atom stereocenters. The lowest BCUT2D eigenvalue weighted by atomic mass is 10.1. The molecule has 1 heterocycles. The second kappa shape index (κ2) is 8.83. The molecule has 132 valence electrons. The maximum atomic E-state index is 12.1. The van der Waals surface area contributed by atoms with E-state index in [1.165, 1.54) is 0 Å². The molecule has 5 heteroatoms. The molecule has 5 nitrogen and oxygen atoms in total. The number of ether oxygens (including phenoxy) is 1. The Morgan fingerprint density at radius 1 is 1.25 bits per heavy atom. The van der Waals surface area contributed by atoms with Crippen molar-refractivity contribution in [2.24, 2.45) is 0 Å². The molecule has 1 N–H and O–H groups in total. The molecule has 1 atom stereocenters. The first-order valence-electron chi connectivity index (χ1n) is 8.68. The Labute approximate surface area is 144 Å². The van der Waals surface area contributed by atoms with E-state index in [4.69, 9.17) is 4.74 Å². The Hall–Kier alpha value is -1.88. The summed E-state index contributed by atoms with van der Waals surface area (Å²) in [4.78, 5) is 25.8. The van der Waals surface area contributed by atoms with Gasteiger partial charge in [0.2, 0.25) is 11.8 Å². The summed E-state index contributed by atoms with van der Waals surface area (Å²) >= 11 is 0. The van der Waals surface area contributed by atoms with Crippen LogP contribution < -0.4 is 5.32 Å². The van der Waals surface area contributed by atoms with Gasteiger partial charge in [0.15, 0.2) is 0 Å². The second-order valence-corrected chi connectivity index (χ2v) is 6.69. The molecule has 0 radical (unpaired) electrons. The van der Waals surface area contributed by atoms with E-state index in [1.807, 2.05) is 32.0 Å². The van der Waals surface area contributed by atoms with Crippen molar-refractivity contribution in [1.29, 1.82) is 0 Å². The van der Waals surface area contributed by atoms with Gasteiger partial charge in [0.25, 0.3) is 0 Å². The maximum absolute atomic E-state index is 12.1. The van der Waals surface area contributed by atoms with Crippen LogP contribution in [-0.4, -0.2) is 43.0 Å². The number of hydrogen-bond acceptors (Lipinski definition) is 3. The minimum absolute atomic E-state index is 0.122. The molecule has 0 bridgehead atoms. The summed E-state index contributed by atoms with van der Waals surface area (Å²) < 4.78 is 5.58. The largest absolute Gasteiger partial charge is 0.378 e. The van der Waals surface area contributed by atoms with Gasteiger partial charge in [-0.25, -0.2) is 0 Å². The number of nitrogens with zero attached hydrogens (tertiary/aromatic N) is 1. The maximum Gasteiger partial charge on any atom is 0.233 e. The molecule has 0 aromatic heterocycles. The lowest BCUT2D eigenvalue weighted by Crippen LogP contribution is -2.31. The summed E-state index contributed by atoms with van der Waals surface area (Å²) in [5.74, 6) is -0.416. The Balaban J connectivity index is 1.72. The van der Waals surface area contributed by atoms with Crippen molar-refractivity contribution in [1.82, 2.24) is 4.90 Å². The average molecular weight is 332 g/mol. The number of anilines is 1. The monoisotopic (exact) mass is 332 g/mol. The zero-order valence-corrected chi connectivity index (χ0v) is 14.9. The third-order valence-corrected chi connectivity index (χ3v) is 4.29. The number of nitrogens with one attached hydrogen (secondary N) is 1. The average Bonchev–Trinajstić information content (AvgIpc) is 2.99. The van der Waals surface area contributed by atoms with Crippen molar-refractivity contribution in [3.05, 3.63) is 29.3 Å². The standard InChI is InChI=1S/C19H28N2O3/c1-14-10-15(2)12-16(11-14)20-18(22)13-19(23)21(3)8-4-6-17-7-5-9-24-17/h10-12,17H,4-9,13H2,1-3H3,(H,20,22)/t17-/m0/s1. The summed E-state index contributed by atoms with van der Waals surface area (Å²) in [5.41, 5.74) is 2.91. The van der Waals surface area contributed by atoms with E-state index in [-0.39, 0.29) is 18.2 Å². The molecular formula is C19H28N2O3. The zero-order valence-electron chi connectivity index (χ0n) is 14.9. The van der Waals surface area contributed by atoms with E-state index in [2.05, 4.69) is 5.32 Å². The fraction of sp³-hybridized carbons (Fsp3) is 0.579. The van der Waals surface area contributed by atoms with Crippen LogP contribution in [0.1, 0.15) is 43.2 Å². The van der Waals surface area contributed by atoms with Crippen LogP contribution in [0.15, 0.2) is 18.2 Å². The minimum atomic E-state index is -0.268. The number of aryl methyl sites for hydroxylation is 2. The van der Waals surface area contributed by atoms with Gasteiger partial charge < -0.3 is 15.0 Å². The van der Waals surface area contributed by atoms with Crippen LogP contribution in [-0.2, 0) is 14.3 Å². The van der Waals surface area contributed by atoms with Crippen molar-refractivity contribution in [2.45, 2.75) is 52.1 Å². The molecule has 1 aliphatic heterocycles. The van der Waals surface area contributed by atoms with Crippen LogP contribution in [0, 0.1) is 13.8 Å². The van der Waals surface area contributed by atoms with E-state index in [9.17, 15) is 9.59 Å². The number of carbonyl (C=O) groups is 2. The van der Waals surface area contributed by atoms with Gasteiger partial charge in [0.05, 0.1) is 6.10 Å². The summed E-state index contributed by atoms with van der Waals surface area (Å²) in [6.45, 7) is 5.48. The van der Waals surface area contributed by atoms with Crippen LogP contribution in [0.3, 0.4) is 0 Å². The highest BCUT2D eigenvalue weighted by molar-refractivity contribution is 6.03. The molecule has 0 spiro atoms. The van der Waals surface area contributed by atoms with E-state index in [0.29, 0.717) is 12.6 Å². The first-order chi connectivity index (χ1) is 11.4. The Bertz CT molecular complexity index is 560. The van der Waals surface area contributed by atoms with Gasteiger partial charge in [-0.05, 0) is 62.8 Å². The molecule has 24 heavy (non-hydrogen) atoms. The third kappa shape index (κ3) is 5.96.